The van der Waals surface area contributed by atoms with Gasteiger partial charge in [0.2, 0.25) is 0 Å². The molecule has 0 radical (unpaired) electrons. The lowest BCUT2D eigenvalue weighted by Crippen LogP contribution is -2.22. The van der Waals surface area contributed by atoms with Crippen molar-refractivity contribution < 1.29 is 5.53 Å². The zero-order valence-corrected chi connectivity index (χ0v) is 4.91. The Bertz CT molecular complexity index is 219. The molecular formula is C6H8N3+. The molecule has 0 saturated carbocycles. The number of para-hydroxylation sites is 1. The number of nitrogens with zero attached hydrogens (tertiary/aromatic N) is 1. The summed E-state index contributed by atoms with van der Waals surface area (Å²) in [6.45, 7) is 0. The van der Waals surface area contributed by atoms with Gasteiger partial charge in [-0.15, -0.1) is 0 Å². The lowest BCUT2D eigenvalue weighted by molar-refractivity contribution is -0.210. The topological polar surface area (TPSA) is 64.0 Å². The van der Waals surface area contributed by atoms with E-state index in [0.717, 1.165) is 0 Å². The Labute approximate surface area is 53.0 Å². The fraction of sp³-hybridized carbons (Fsp3) is 0. The van der Waals surface area contributed by atoms with Crippen LogP contribution in [0.4, 0.5) is 11.4 Å². The van der Waals surface area contributed by atoms with E-state index in [1.54, 1.807) is 12.1 Å². The highest BCUT2D eigenvalue weighted by atomic mass is 15.0. The number of hydrogen-bond donors (Lipinski definition) is 2. The van der Waals surface area contributed by atoms with Crippen molar-refractivity contribution in [3.8, 4) is 0 Å². The van der Waals surface area contributed by atoms with E-state index < -0.39 is 0 Å². The van der Waals surface area contributed by atoms with E-state index in [2.05, 4.69) is 5.11 Å². The van der Waals surface area contributed by atoms with E-state index in [4.69, 9.17) is 11.3 Å². The van der Waals surface area contributed by atoms with Crippen LogP contribution in [0.3, 0.4) is 0 Å². The second-order valence-electron chi connectivity index (χ2n) is 1.69. The van der Waals surface area contributed by atoms with Crippen molar-refractivity contribution in [2.45, 2.75) is 0 Å². The number of benzene rings is 1. The molecule has 0 spiro atoms. The maximum Gasteiger partial charge on any atom is 0.152 e. The first kappa shape index (κ1) is 5.75. The van der Waals surface area contributed by atoms with Crippen molar-refractivity contribution in [1.29, 1.82) is 0 Å². The predicted octanol–water partition coefficient (Wildman–Crippen LogP) is 0.112. The zero-order valence-electron chi connectivity index (χ0n) is 4.91. The van der Waals surface area contributed by atoms with Crippen LogP contribution in [-0.4, -0.2) is 0 Å². The molecular weight excluding hydrogens is 114 g/mol. The molecule has 0 fully saturated rings. The Balaban J connectivity index is 3.15. The van der Waals surface area contributed by atoms with Crippen molar-refractivity contribution in [2.24, 2.45) is 5.11 Å². The summed E-state index contributed by atoms with van der Waals surface area (Å²) < 4.78 is 0. The van der Waals surface area contributed by atoms with Crippen LogP contribution in [0.5, 0.6) is 0 Å². The summed E-state index contributed by atoms with van der Waals surface area (Å²) in [5, 5.41) is 3.45. The number of nitrogen functional groups attached to an aromatic ring is 1. The second-order valence-corrected chi connectivity index (χ2v) is 1.69. The van der Waals surface area contributed by atoms with E-state index in [9.17, 15) is 0 Å². The van der Waals surface area contributed by atoms with E-state index in [-0.39, 0.29) is 0 Å². The predicted molar refractivity (Wildman–Crippen MR) is 34.9 cm³/mol. The Morgan fingerprint density at radius 1 is 1.33 bits per heavy atom. The minimum atomic E-state index is 0.611. The molecule has 0 aliphatic carbocycles. The molecule has 4 N–H and O–H groups in total. The normalized spacial score (nSPS) is 8.89. The van der Waals surface area contributed by atoms with Crippen molar-refractivity contribution in [2.75, 3.05) is 5.73 Å². The summed E-state index contributed by atoms with van der Waals surface area (Å²) in [5.41, 5.74) is 11.7. The van der Waals surface area contributed by atoms with Crippen molar-refractivity contribution in [3.05, 3.63) is 24.3 Å². The van der Waals surface area contributed by atoms with Gasteiger partial charge in [0.05, 0.1) is 5.69 Å². The first-order chi connectivity index (χ1) is 4.34. The molecule has 0 saturated heterocycles. The average Bonchev–Trinajstić information content (AvgIpc) is 1.89. The first-order valence-corrected chi connectivity index (χ1v) is 2.60. The minimum Gasteiger partial charge on any atom is -0.397 e. The maximum atomic E-state index is 5.46. The molecule has 0 amide bonds. The molecule has 0 heterocycles. The molecule has 1 rings (SSSR count). The van der Waals surface area contributed by atoms with Crippen molar-refractivity contribution >= 4 is 11.4 Å². The summed E-state index contributed by atoms with van der Waals surface area (Å²) in [5.74, 6) is 0. The summed E-state index contributed by atoms with van der Waals surface area (Å²) in [7, 11) is 0. The fourth-order valence-corrected chi connectivity index (χ4v) is 0.605. The molecule has 3 nitrogen and oxygen atoms in total. The molecule has 46 valence electrons. The molecule has 0 aliphatic heterocycles. The molecule has 0 unspecified atom stereocenters. The molecule has 0 aromatic heterocycles. The van der Waals surface area contributed by atoms with Crippen LogP contribution in [0.15, 0.2) is 29.4 Å². The Hall–Kier alpha value is -1.38. The third-order valence-corrected chi connectivity index (χ3v) is 1.08. The molecule has 1 aromatic rings. The Morgan fingerprint density at radius 3 is 2.44 bits per heavy atom. The number of hydrogen-bond acceptors (Lipinski definition) is 2. The van der Waals surface area contributed by atoms with Gasteiger partial charge in [-0.25, -0.2) is 0 Å². The highest BCUT2D eigenvalue weighted by Crippen LogP contribution is 2.17. The van der Waals surface area contributed by atoms with Crippen LogP contribution in [-0.2, 0) is 0 Å². The molecule has 0 aliphatic rings. The van der Waals surface area contributed by atoms with E-state index in [0.29, 0.717) is 11.4 Å². The fourth-order valence-electron chi connectivity index (χ4n) is 0.605. The summed E-state index contributed by atoms with van der Waals surface area (Å²) >= 11 is 0. The van der Waals surface area contributed by atoms with Gasteiger partial charge in [-0.3, -0.25) is 0 Å². The van der Waals surface area contributed by atoms with Gasteiger partial charge in [0.25, 0.3) is 0 Å². The van der Waals surface area contributed by atoms with Gasteiger partial charge in [-0.1, -0.05) is 12.1 Å². The third kappa shape index (κ3) is 1.05. The lowest BCUT2D eigenvalue weighted by atomic mass is 10.3. The largest absolute Gasteiger partial charge is 0.397 e. The van der Waals surface area contributed by atoms with Gasteiger partial charge in [-0.05, 0) is 17.2 Å². The number of anilines is 1. The van der Waals surface area contributed by atoms with E-state index in [1.165, 1.54) is 0 Å². The molecule has 1 aromatic carbocycles. The van der Waals surface area contributed by atoms with Gasteiger partial charge in [-0.2, -0.15) is 5.53 Å². The number of nitrogens with two attached hydrogens (primary N) is 2. The lowest BCUT2D eigenvalue weighted by Gasteiger charge is -1.90. The molecule has 0 atom stereocenters. The van der Waals surface area contributed by atoms with Gasteiger partial charge in [0.1, 0.15) is 0 Å². The maximum absolute atomic E-state index is 5.46. The van der Waals surface area contributed by atoms with E-state index >= 15 is 0 Å². The smallest absolute Gasteiger partial charge is 0.152 e. The summed E-state index contributed by atoms with van der Waals surface area (Å²) in [6.07, 6.45) is 0. The van der Waals surface area contributed by atoms with Gasteiger partial charge in [0, 0.05) is 0 Å². The van der Waals surface area contributed by atoms with Gasteiger partial charge >= 0.3 is 0 Å². The van der Waals surface area contributed by atoms with Crippen molar-refractivity contribution in [1.82, 2.24) is 0 Å². The van der Waals surface area contributed by atoms with Crippen LogP contribution < -0.4 is 11.3 Å². The summed E-state index contributed by atoms with van der Waals surface area (Å²) in [6, 6.07) is 7.19. The molecule has 0 bridgehead atoms. The quantitative estimate of drug-likeness (QED) is 0.403. The van der Waals surface area contributed by atoms with Crippen LogP contribution in [0.2, 0.25) is 0 Å². The van der Waals surface area contributed by atoms with E-state index in [1.807, 2.05) is 12.1 Å². The third-order valence-electron chi connectivity index (χ3n) is 1.08. The second kappa shape index (κ2) is 2.26. The standard InChI is InChI=1S/C6H7N3/c7-5-3-1-2-4-6(5)9-8/h1-4,8H,7H2/p+1. The Kier molecular flexibility index (Phi) is 1.44. The molecule has 9 heavy (non-hydrogen) atoms. The zero-order chi connectivity index (χ0) is 6.69. The SMILES string of the molecule is Nc1ccccc1N=[NH2+]. The highest BCUT2D eigenvalue weighted by molar-refractivity contribution is 5.60. The molecule has 3 heteroatoms. The summed E-state index contributed by atoms with van der Waals surface area (Å²) in [4.78, 5) is 0. The van der Waals surface area contributed by atoms with Crippen LogP contribution in [0.25, 0.3) is 0 Å². The van der Waals surface area contributed by atoms with Crippen LogP contribution in [0, 0.1) is 0 Å². The average molecular weight is 122 g/mol. The van der Waals surface area contributed by atoms with Crippen LogP contribution in [0.1, 0.15) is 0 Å². The monoisotopic (exact) mass is 122 g/mol. The Morgan fingerprint density at radius 2 is 2.00 bits per heavy atom. The number of rotatable bonds is 1. The van der Waals surface area contributed by atoms with Crippen molar-refractivity contribution in [3.63, 3.8) is 0 Å². The highest BCUT2D eigenvalue weighted by Gasteiger charge is 1.93. The minimum absolute atomic E-state index is 0.611. The van der Waals surface area contributed by atoms with Gasteiger partial charge < -0.3 is 5.73 Å². The van der Waals surface area contributed by atoms with Crippen LogP contribution >= 0.6 is 0 Å². The van der Waals surface area contributed by atoms with Gasteiger partial charge in [0.15, 0.2) is 5.69 Å². The first-order valence-electron chi connectivity index (χ1n) is 2.60.